The molecule has 0 aliphatic rings. The number of allylic oxidation sites excluding steroid dienone is 1. The first-order chi connectivity index (χ1) is 9.54. The van der Waals surface area contributed by atoms with Gasteiger partial charge in [-0.2, -0.15) is 0 Å². The van der Waals surface area contributed by atoms with Crippen molar-refractivity contribution in [3.8, 4) is 5.75 Å². The molecule has 1 N–H and O–H groups in total. The summed E-state index contributed by atoms with van der Waals surface area (Å²) in [6.07, 6.45) is 2.99. The summed E-state index contributed by atoms with van der Waals surface area (Å²) in [6.45, 7) is 8.00. The Bertz CT molecular complexity index is 480. The highest BCUT2D eigenvalue weighted by Crippen LogP contribution is 2.24. The van der Waals surface area contributed by atoms with Crippen molar-refractivity contribution in [3.63, 3.8) is 0 Å². The minimum absolute atomic E-state index is 0.0906. The highest BCUT2D eigenvalue weighted by Gasteiger charge is 2.11. The van der Waals surface area contributed by atoms with Crippen LogP contribution in [0.4, 0.5) is 5.69 Å². The molecule has 0 aliphatic carbocycles. The van der Waals surface area contributed by atoms with Gasteiger partial charge in [-0.15, -0.1) is 0 Å². The molecule has 1 aromatic carbocycles. The molecule has 5 nitrogen and oxygen atoms in total. The summed E-state index contributed by atoms with van der Waals surface area (Å²) in [5.74, 6) is 0.691. The van der Waals surface area contributed by atoms with Gasteiger partial charge in [0, 0.05) is 24.2 Å². The zero-order valence-electron chi connectivity index (χ0n) is 12.3. The molecule has 0 atom stereocenters. The van der Waals surface area contributed by atoms with E-state index in [0.717, 1.165) is 18.5 Å². The van der Waals surface area contributed by atoms with Crippen molar-refractivity contribution in [1.82, 2.24) is 5.32 Å². The zero-order valence-corrected chi connectivity index (χ0v) is 12.3. The third kappa shape index (κ3) is 5.40. The molecular formula is C15H22N2O3. The van der Waals surface area contributed by atoms with E-state index in [1.165, 1.54) is 11.6 Å². The van der Waals surface area contributed by atoms with Gasteiger partial charge in [-0.25, -0.2) is 0 Å². The lowest BCUT2D eigenvalue weighted by Gasteiger charge is -2.11. The van der Waals surface area contributed by atoms with Crippen molar-refractivity contribution in [2.45, 2.75) is 33.7 Å². The molecule has 0 aromatic heterocycles. The molecule has 0 unspecified atom stereocenters. The SMILES string of the molecule is CCCNCc1cc([N+](=O)[O-])ccc1OCC=C(C)C. The van der Waals surface area contributed by atoms with Crippen LogP contribution >= 0.6 is 0 Å². The summed E-state index contributed by atoms with van der Waals surface area (Å²) in [5, 5.41) is 14.1. The summed E-state index contributed by atoms with van der Waals surface area (Å²) in [7, 11) is 0. The van der Waals surface area contributed by atoms with Crippen LogP contribution in [0.1, 0.15) is 32.8 Å². The van der Waals surface area contributed by atoms with Gasteiger partial charge in [0.1, 0.15) is 12.4 Å². The van der Waals surface area contributed by atoms with Crippen LogP contribution < -0.4 is 10.1 Å². The zero-order chi connectivity index (χ0) is 15.0. The van der Waals surface area contributed by atoms with Crippen LogP contribution in [0.3, 0.4) is 0 Å². The Morgan fingerprint density at radius 2 is 2.20 bits per heavy atom. The Labute approximate surface area is 119 Å². The number of ether oxygens (including phenoxy) is 1. The highest BCUT2D eigenvalue weighted by molar-refractivity contribution is 5.43. The predicted octanol–water partition coefficient (Wildman–Crippen LogP) is 3.44. The van der Waals surface area contributed by atoms with E-state index in [4.69, 9.17) is 4.74 Å². The van der Waals surface area contributed by atoms with E-state index < -0.39 is 0 Å². The fourth-order valence-corrected chi connectivity index (χ4v) is 1.66. The van der Waals surface area contributed by atoms with Gasteiger partial charge in [-0.3, -0.25) is 10.1 Å². The smallest absolute Gasteiger partial charge is 0.270 e. The van der Waals surface area contributed by atoms with E-state index in [1.54, 1.807) is 12.1 Å². The first-order valence-corrected chi connectivity index (χ1v) is 6.78. The van der Waals surface area contributed by atoms with Gasteiger partial charge in [0.05, 0.1) is 4.92 Å². The molecule has 0 radical (unpaired) electrons. The number of hydrogen-bond donors (Lipinski definition) is 1. The summed E-state index contributed by atoms with van der Waals surface area (Å²) < 4.78 is 5.67. The van der Waals surface area contributed by atoms with Crippen LogP contribution in [0.2, 0.25) is 0 Å². The van der Waals surface area contributed by atoms with Crippen LogP contribution in [0.5, 0.6) is 5.75 Å². The topological polar surface area (TPSA) is 64.4 Å². The monoisotopic (exact) mass is 278 g/mol. The maximum Gasteiger partial charge on any atom is 0.270 e. The van der Waals surface area contributed by atoms with Crippen LogP contribution in [0.25, 0.3) is 0 Å². The third-order valence-electron chi connectivity index (χ3n) is 2.73. The van der Waals surface area contributed by atoms with E-state index in [1.807, 2.05) is 19.9 Å². The highest BCUT2D eigenvalue weighted by atomic mass is 16.6. The molecule has 110 valence electrons. The second kappa shape index (κ2) is 8.32. The molecular weight excluding hydrogens is 256 g/mol. The molecule has 1 aromatic rings. The maximum atomic E-state index is 10.8. The first-order valence-electron chi connectivity index (χ1n) is 6.78. The number of non-ortho nitro benzene ring substituents is 1. The minimum atomic E-state index is -0.386. The van der Waals surface area contributed by atoms with Crippen molar-refractivity contribution in [2.75, 3.05) is 13.2 Å². The van der Waals surface area contributed by atoms with E-state index in [0.29, 0.717) is 18.9 Å². The third-order valence-corrected chi connectivity index (χ3v) is 2.73. The summed E-state index contributed by atoms with van der Waals surface area (Å²) in [6, 6.07) is 4.71. The van der Waals surface area contributed by atoms with Crippen molar-refractivity contribution in [3.05, 3.63) is 45.5 Å². The lowest BCUT2D eigenvalue weighted by atomic mass is 10.1. The van der Waals surface area contributed by atoms with Gasteiger partial charge in [0.25, 0.3) is 5.69 Å². The van der Waals surface area contributed by atoms with Crippen molar-refractivity contribution >= 4 is 5.69 Å². The number of nitro benzene ring substituents is 1. The van der Waals surface area contributed by atoms with Crippen LogP contribution in [-0.2, 0) is 6.54 Å². The number of nitro groups is 1. The molecule has 5 heteroatoms. The van der Waals surface area contributed by atoms with Crippen LogP contribution in [0.15, 0.2) is 29.8 Å². The second-order valence-electron chi connectivity index (χ2n) is 4.82. The van der Waals surface area contributed by atoms with E-state index in [2.05, 4.69) is 12.2 Å². The summed E-state index contributed by atoms with van der Waals surface area (Å²) >= 11 is 0. The number of nitrogens with one attached hydrogen (secondary N) is 1. The fourth-order valence-electron chi connectivity index (χ4n) is 1.66. The van der Waals surface area contributed by atoms with Gasteiger partial charge in [-0.05, 0) is 39.0 Å². The first kappa shape index (κ1) is 16.2. The number of hydrogen-bond acceptors (Lipinski definition) is 4. The van der Waals surface area contributed by atoms with Crippen LogP contribution in [-0.4, -0.2) is 18.1 Å². The summed E-state index contributed by atoms with van der Waals surface area (Å²) in [4.78, 5) is 10.4. The van der Waals surface area contributed by atoms with Gasteiger partial charge in [0.2, 0.25) is 0 Å². The second-order valence-corrected chi connectivity index (χ2v) is 4.82. The van der Waals surface area contributed by atoms with Gasteiger partial charge < -0.3 is 10.1 Å². The minimum Gasteiger partial charge on any atom is -0.489 e. The Morgan fingerprint density at radius 3 is 2.80 bits per heavy atom. The standard InChI is InChI=1S/C15H22N2O3/c1-4-8-16-11-13-10-14(17(18)19)5-6-15(13)20-9-7-12(2)3/h5-7,10,16H,4,8-9,11H2,1-3H3. The molecule has 20 heavy (non-hydrogen) atoms. The summed E-state index contributed by atoms with van der Waals surface area (Å²) in [5.41, 5.74) is 2.08. The van der Waals surface area contributed by atoms with E-state index in [-0.39, 0.29) is 10.6 Å². The molecule has 1 rings (SSSR count). The molecule has 0 heterocycles. The van der Waals surface area contributed by atoms with Crippen LogP contribution in [0, 0.1) is 10.1 Å². The molecule has 0 amide bonds. The quantitative estimate of drug-likeness (QED) is 0.342. The molecule has 0 saturated carbocycles. The Balaban J connectivity index is 2.84. The number of rotatable bonds is 8. The van der Waals surface area contributed by atoms with Gasteiger partial charge in [0.15, 0.2) is 0 Å². The van der Waals surface area contributed by atoms with Crippen molar-refractivity contribution in [2.24, 2.45) is 0 Å². The van der Waals surface area contributed by atoms with Crippen molar-refractivity contribution in [1.29, 1.82) is 0 Å². The lowest BCUT2D eigenvalue weighted by Crippen LogP contribution is -2.15. The lowest BCUT2D eigenvalue weighted by molar-refractivity contribution is -0.384. The number of benzene rings is 1. The molecule has 0 fully saturated rings. The Hall–Kier alpha value is -1.88. The molecule has 0 saturated heterocycles. The van der Waals surface area contributed by atoms with Crippen molar-refractivity contribution < 1.29 is 9.66 Å². The Morgan fingerprint density at radius 1 is 1.45 bits per heavy atom. The molecule has 0 bridgehead atoms. The maximum absolute atomic E-state index is 10.8. The van der Waals surface area contributed by atoms with E-state index in [9.17, 15) is 10.1 Å². The van der Waals surface area contributed by atoms with Gasteiger partial charge in [-0.1, -0.05) is 12.5 Å². The average Bonchev–Trinajstić information content (AvgIpc) is 2.39. The van der Waals surface area contributed by atoms with E-state index >= 15 is 0 Å². The molecule has 0 aliphatic heterocycles. The fraction of sp³-hybridized carbons (Fsp3) is 0.467. The average molecular weight is 278 g/mol. The largest absolute Gasteiger partial charge is 0.489 e. The number of nitrogens with zero attached hydrogens (tertiary/aromatic N) is 1. The Kier molecular flexibility index (Phi) is 6.73. The molecule has 0 spiro atoms. The van der Waals surface area contributed by atoms with Gasteiger partial charge >= 0.3 is 0 Å². The predicted molar refractivity (Wildman–Crippen MR) is 80.0 cm³/mol. The normalized spacial score (nSPS) is 10.2.